The van der Waals surface area contributed by atoms with Crippen molar-refractivity contribution >= 4 is 22.4 Å². The van der Waals surface area contributed by atoms with E-state index in [0.717, 1.165) is 0 Å². The van der Waals surface area contributed by atoms with Crippen molar-refractivity contribution in [3.8, 4) is 11.3 Å². The molecule has 0 aliphatic heterocycles. The van der Waals surface area contributed by atoms with Crippen molar-refractivity contribution in [2.45, 2.75) is 6.92 Å². The lowest BCUT2D eigenvalue weighted by Gasteiger charge is -2.08. The number of fused-ring (bicyclic) bond motifs is 1. The van der Waals surface area contributed by atoms with E-state index in [0.29, 0.717) is 27.6 Å². The van der Waals surface area contributed by atoms with E-state index in [1.54, 1.807) is 31.2 Å². The number of nitrogens with one attached hydrogen (secondary N) is 1. The Bertz CT molecular complexity index is 873. The lowest BCUT2D eigenvalue weighted by molar-refractivity contribution is 0.619. The Kier molecular flexibility index (Phi) is 3.03. The van der Waals surface area contributed by atoms with E-state index in [1.165, 1.54) is 6.07 Å². The molecule has 1 aromatic heterocycles. The Morgan fingerprint density at radius 2 is 1.90 bits per heavy atom. The number of halogens is 2. The van der Waals surface area contributed by atoms with Gasteiger partial charge < -0.3 is 0 Å². The van der Waals surface area contributed by atoms with Crippen LogP contribution in [0.5, 0.6) is 0 Å². The summed E-state index contributed by atoms with van der Waals surface area (Å²) < 4.78 is 13.5. The molecule has 5 heteroatoms. The monoisotopic (exact) mass is 288 g/mol. The third-order valence-corrected chi connectivity index (χ3v) is 3.51. The summed E-state index contributed by atoms with van der Waals surface area (Å²) in [6.45, 7) is 1.66. The van der Waals surface area contributed by atoms with Crippen LogP contribution < -0.4 is 5.56 Å². The number of aromatic nitrogens is 2. The van der Waals surface area contributed by atoms with Crippen LogP contribution >= 0.6 is 11.6 Å². The summed E-state index contributed by atoms with van der Waals surface area (Å²) in [6, 6.07) is 9.99. The van der Waals surface area contributed by atoms with Gasteiger partial charge >= 0.3 is 0 Å². The predicted octanol–water partition coefficient (Wildman–Crippen LogP) is 3.69. The van der Waals surface area contributed by atoms with Gasteiger partial charge in [-0.15, -0.1) is 0 Å². The summed E-state index contributed by atoms with van der Waals surface area (Å²) in [5.41, 5.74) is 1.34. The Balaban J connectivity index is 2.39. The molecule has 0 saturated heterocycles. The largest absolute Gasteiger partial charge is 0.272 e. The molecule has 100 valence electrons. The number of rotatable bonds is 1. The van der Waals surface area contributed by atoms with Gasteiger partial charge in [0.25, 0.3) is 5.56 Å². The zero-order chi connectivity index (χ0) is 14.3. The molecule has 0 spiro atoms. The summed E-state index contributed by atoms with van der Waals surface area (Å²) in [7, 11) is 0. The molecule has 0 aliphatic rings. The van der Waals surface area contributed by atoms with Crippen LogP contribution in [0.25, 0.3) is 22.0 Å². The first-order valence-corrected chi connectivity index (χ1v) is 6.39. The summed E-state index contributed by atoms with van der Waals surface area (Å²) >= 11 is 6.10. The number of aromatic amines is 1. The molecule has 0 amide bonds. The van der Waals surface area contributed by atoms with Gasteiger partial charge in [0.1, 0.15) is 11.5 Å². The predicted molar refractivity (Wildman–Crippen MR) is 77.5 cm³/mol. The molecule has 0 fully saturated rings. The quantitative estimate of drug-likeness (QED) is 0.742. The maximum atomic E-state index is 13.5. The van der Waals surface area contributed by atoms with Crippen LogP contribution in [0.4, 0.5) is 4.39 Å². The molecular weight excluding hydrogens is 279 g/mol. The molecule has 3 rings (SSSR count). The van der Waals surface area contributed by atoms with E-state index in [9.17, 15) is 9.18 Å². The molecule has 0 saturated carbocycles. The van der Waals surface area contributed by atoms with Gasteiger partial charge in [0, 0.05) is 10.9 Å². The van der Waals surface area contributed by atoms with Crippen molar-refractivity contribution in [1.82, 2.24) is 10.2 Å². The fourth-order valence-corrected chi connectivity index (χ4v) is 2.40. The van der Waals surface area contributed by atoms with Crippen molar-refractivity contribution in [3.05, 3.63) is 63.2 Å². The van der Waals surface area contributed by atoms with E-state index >= 15 is 0 Å². The molecule has 0 aliphatic carbocycles. The van der Waals surface area contributed by atoms with E-state index in [-0.39, 0.29) is 16.4 Å². The number of hydrogen-bond acceptors (Lipinski definition) is 2. The molecule has 20 heavy (non-hydrogen) atoms. The summed E-state index contributed by atoms with van der Waals surface area (Å²) in [4.78, 5) is 11.8. The van der Waals surface area contributed by atoms with Crippen LogP contribution in [0, 0.1) is 12.7 Å². The minimum absolute atomic E-state index is 0.262. The molecule has 3 nitrogen and oxygen atoms in total. The van der Waals surface area contributed by atoms with Crippen LogP contribution in [-0.2, 0) is 0 Å². The van der Waals surface area contributed by atoms with Gasteiger partial charge in [-0.25, -0.2) is 9.49 Å². The molecule has 1 N–H and O–H groups in total. The van der Waals surface area contributed by atoms with Gasteiger partial charge in [-0.05, 0) is 30.7 Å². The van der Waals surface area contributed by atoms with E-state index in [2.05, 4.69) is 10.2 Å². The Hall–Kier alpha value is -2.20. The molecular formula is C15H10ClFN2O. The maximum Gasteiger partial charge on any atom is 0.272 e. The fourth-order valence-electron chi connectivity index (χ4n) is 2.16. The molecule has 0 bridgehead atoms. The SMILES string of the molecule is Cc1cc(-c2n[nH]c(=O)c3ccccc23)c(Cl)cc1F. The van der Waals surface area contributed by atoms with E-state index in [4.69, 9.17) is 11.6 Å². The van der Waals surface area contributed by atoms with Crippen molar-refractivity contribution < 1.29 is 4.39 Å². The van der Waals surface area contributed by atoms with Crippen LogP contribution in [0.1, 0.15) is 5.56 Å². The van der Waals surface area contributed by atoms with Crippen molar-refractivity contribution in [2.24, 2.45) is 0 Å². The first-order chi connectivity index (χ1) is 9.58. The van der Waals surface area contributed by atoms with Gasteiger partial charge in [0.05, 0.1) is 10.4 Å². The van der Waals surface area contributed by atoms with Gasteiger partial charge in [-0.1, -0.05) is 29.8 Å². The highest BCUT2D eigenvalue weighted by Gasteiger charge is 2.13. The standard InChI is InChI=1S/C15H10ClFN2O/c1-8-6-11(12(16)7-13(8)17)14-9-4-2-3-5-10(9)15(20)19-18-14/h2-7H,1H3,(H,19,20). The summed E-state index contributed by atoms with van der Waals surface area (Å²) in [5, 5.41) is 7.98. The second-order valence-corrected chi connectivity index (χ2v) is 4.94. The lowest BCUT2D eigenvalue weighted by atomic mass is 10.0. The molecule has 1 heterocycles. The number of aryl methyl sites for hydroxylation is 1. The second kappa shape index (κ2) is 4.72. The second-order valence-electron chi connectivity index (χ2n) is 4.53. The van der Waals surface area contributed by atoms with Gasteiger partial charge in [0.15, 0.2) is 0 Å². The molecule has 2 aromatic carbocycles. The van der Waals surface area contributed by atoms with Crippen molar-refractivity contribution in [3.63, 3.8) is 0 Å². The number of benzene rings is 2. The van der Waals surface area contributed by atoms with E-state index in [1.807, 2.05) is 6.07 Å². The number of hydrogen-bond donors (Lipinski definition) is 1. The zero-order valence-electron chi connectivity index (χ0n) is 10.6. The average Bonchev–Trinajstić information content (AvgIpc) is 2.44. The summed E-state index contributed by atoms with van der Waals surface area (Å²) in [6.07, 6.45) is 0. The lowest BCUT2D eigenvalue weighted by Crippen LogP contribution is -2.09. The fraction of sp³-hybridized carbons (Fsp3) is 0.0667. The average molecular weight is 289 g/mol. The van der Waals surface area contributed by atoms with Crippen molar-refractivity contribution in [2.75, 3.05) is 0 Å². The minimum atomic E-state index is -0.368. The molecule has 3 aromatic rings. The number of H-pyrrole nitrogens is 1. The molecule has 0 unspecified atom stereocenters. The Morgan fingerprint density at radius 1 is 1.20 bits per heavy atom. The van der Waals surface area contributed by atoms with Crippen LogP contribution in [0.3, 0.4) is 0 Å². The maximum absolute atomic E-state index is 13.5. The van der Waals surface area contributed by atoms with Crippen LogP contribution in [-0.4, -0.2) is 10.2 Å². The minimum Gasteiger partial charge on any atom is -0.267 e. The molecule has 0 radical (unpaired) electrons. The zero-order valence-corrected chi connectivity index (χ0v) is 11.3. The topological polar surface area (TPSA) is 45.8 Å². The Labute approximate surface area is 119 Å². The highest BCUT2D eigenvalue weighted by molar-refractivity contribution is 6.33. The summed E-state index contributed by atoms with van der Waals surface area (Å²) in [5.74, 6) is -0.368. The van der Waals surface area contributed by atoms with E-state index < -0.39 is 0 Å². The normalized spacial score (nSPS) is 10.9. The molecule has 0 atom stereocenters. The number of nitrogens with zero attached hydrogens (tertiary/aromatic N) is 1. The third-order valence-electron chi connectivity index (χ3n) is 3.20. The van der Waals surface area contributed by atoms with Gasteiger partial charge in [0.2, 0.25) is 0 Å². The third kappa shape index (κ3) is 1.98. The van der Waals surface area contributed by atoms with Crippen LogP contribution in [0.15, 0.2) is 41.2 Å². The van der Waals surface area contributed by atoms with Crippen molar-refractivity contribution in [1.29, 1.82) is 0 Å². The van der Waals surface area contributed by atoms with Crippen LogP contribution in [0.2, 0.25) is 5.02 Å². The van der Waals surface area contributed by atoms with Gasteiger partial charge in [-0.3, -0.25) is 4.79 Å². The highest BCUT2D eigenvalue weighted by atomic mass is 35.5. The smallest absolute Gasteiger partial charge is 0.267 e. The van der Waals surface area contributed by atoms with Gasteiger partial charge in [-0.2, -0.15) is 5.10 Å². The highest BCUT2D eigenvalue weighted by Crippen LogP contribution is 2.32. The first kappa shape index (κ1) is 12.8. The Morgan fingerprint density at radius 3 is 2.65 bits per heavy atom. The first-order valence-electron chi connectivity index (χ1n) is 6.01.